The number of benzene rings is 2. The smallest absolute Gasteiger partial charge is 0.264 e. The number of halogens is 1. The van der Waals surface area contributed by atoms with Crippen molar-refractivity contribution in [2.24, 2.45) is 0 Å². The Morgan fingerprint density at radius 2 is 2.09 bits per heavy atom. The minimum atomic E-state index is 0.0159. The zero-order chi connectivity index (χ0) is 16.2. The van der Waals surface area contributed by atoms with Crippen molar-refractivity contribution in [3.05, 3.63) is 58.1 Å². The molecule has 0 bridgehead atoms. The number of carbonyl (C=O) groups is 1. The molecule has 1 aliphatic heterocycles. The molecule has 0 saturated carbocycles. The standard InChI is InChI=1S/C19H20BrNO2/c1-2-14-12-16(20)9-10-18(14)23-13-19(22)21-11-5-7-15-6-3-4-8-17(15)21/h3-4,6,8-10,12H,2,5,7,11,13H2,1H3. The number of aryl methyl sites for hydroxylation is 2. The van der Waals surface area contributed by atoms with E-state index in [0.717, 1.165) is 47.3 Å². The maximum absolute atomic E-state index is 12.6. The molecule has 0 atom stereocenters. The number of rotatable bonds is 4. The molecule has 120 valence electrons. The molecule has 3 nitrogen and oxygen atoms in total. The Morgan fingerprint density at radius 3 is 2.91 bits per heavy atom. The lowest BCUT2D eigenvalue weighted by Gasteiger charge is -2.29. The fourth-order valence-electron chi connectivity index (χ4n) is 2.98. The Kier molecular flexibility index (Phi) is 5.01. The van der Waals surface area contributed by atoms with Crippen LogP contribution in [0.1, 0.15) is 24.5 Å². The van der Waals surface area contributed by atoms with Crippen LogP contribution in [-0.4, -0.2) is 19.1 Å². The van der Waals surface area contributed by atoms with Crippen LogP contribution in [0.5, 0.6) is 5.75 Å². The fourth-order valence-corrected chi connectivity index (χ4v) is 3.38. The molecule has 1 heterocycles. The molecule has 0 aromatic heterocycles. The van der Waals surface area contributed by atoms with Crippen molar-refractivity contribution in [1.29, 1.82) is 0 Å². The Morgan fingerprint density at radius 1 is 1.26 bits per heavy atom. The van der Waals surface area contributed by atoms with Crippen molar-refractivity contribution < 1.29 is 9.53 Å². The summed E-state index contributed by atoms with van der Waals surface area (Å²) < 4.78 is 6.83. The van der Waals surface area contributed by atoms with Crippen molar-refractivity contribution in [3.63, 3.8) is 0 Å². The van der Waals surface area contributed by atoms with Gasteiger partial charge in [-0.3, -0.25) is 4.79 Å². The topological polar surface area (TPSA) is 29.5 Å². The van der Waals surface area contributed by atoms with Crippen molar-refractivity contribution >= 4 is 27.5 Å². The molecule has 4 heteroatoms. The Balaban J connectivity index is 1.71. The number of carbonyl (C=O) groups excluding carboxylic acids is 1. The number of para-hydroxylation sites is 1. The van der Waals surface area contributed by atoms with Gasteiger partial charge in [0.15, 0.2) is 6.61 Å². The highest BCUT2D eigenvalue weighted by Crippen LogP contribution is 2.27. The number of amides is 1. The van der Waals surface area contributed by atoms with E-state index >= 15 is 0 Å². The number of ether oxygens (including phenoxy) is 1. The van der Waals surface area contributed by atoms with Gasteiger partial charge in [0.05, 0.1) is 0 Å². The number of nitrogens with zero attached hydrogens (tertiary/aromatic N) is 1. The summed E-state index contributed by atoms with van der Waals surface area (Å²) in [5.74, 6) is 0.802. The maximum atomic E-state index is 12.6. The maximum Gasteiger partial charge on any atom is 0.264 e. The quantitative estimate of drug-likeness (QED) is 0.796. The molecule has 1 amide bonds. The van der Waals surface area contributed by atoms with E-state index < -0.39 is 0 Å². The third-order valence-corrected chi connectivity index (χ3v) is 4.66. The average Bonchev–Trinajstić information content (AvgIpc) is 2.59. The highest BCUT2D eigenvalue weighted by atomic mass is 79.9. The molecule has 3 rings (SSSR count). The summed E-state index contributed by atoms with van der Waals surface area (Å²) in [6, 6.07) is 14.0. The van der Waals surface area contributed by atoms with Gasteiger partial charge in [-0.2, -0.15) is 0 Å². The van der Waals surface area contributed by atoms with E-state index in [1.807, 2.05) is 41.3 Å². The van der Waals surface area contributed by atoms with Gasteiger partial charge in [-0.05, 0) is 54.7 Å². The predicted octanol–water partition coefficient (Wildman–Crippen LogP) is 4.37. The van der Waals surface area contributed by atoms with Crippen LogP contribution in [0.15, 0.2) is 46.9 Å². The Bertz CT molecular complexity index is 714. The number of hydrogen-bond donors (Lipinski definition) is 0. The molecular weight excluding hydrogens is 354 g/mol. The normalized spacial score (nSPS) is 13.6. The SMILES string of the molecule is CCc1cc(Br)ccc1OCC(=O)N1CCCc2ccccc21. The number of anilines is 1. The molecule has 1 aliphatic rings. The lowest BCUT2D eigenvalue weighted by Crippen LogP contribution is -2.38. The first-order chi connectivity index (χ1) is 11.2. The second-order valence-electron chi connectivity index (χ2n) is 5.67. The molecule has 23 heavy (non-hydrogen) atoms. The van der Waals surface area contributed by atoms with Gasteiger partial charge in [0, 0.05) is 16.7 Å². The third-order valence-electron chi connectivity index (χ3n) is 4.17. The van der Waals surface area contributed by atoms with E-state index in [2.05, 4.69) is 28.9 Å². The van der Waals surface area contributed by atoms with Crippen LogP contribution in [0.2, 0.25) is 0 Å². The van der Waals surface area contributed by atoms with Crippen LogP contribution >= 0.6 is 15.9 Å². The van der Waals surface area contributed by atoms with E-state index in [0.29, 0.717) is 0 Å². The second kappa shape index (κ2) is 7.18. The highest BCUT2D eigenvalue weighted by Gasteiger charge is 2.22. The lowest BCUT2D eigenvalue weighted by atomic mass is 10.0. The molecule has 0 unspecified atom stereocenters. The molecule has 0 radical (unpaired) electrons. The molecule has 0 N–H and O–H groups in total. The minimum Gasteiger partial charge on any atom is -0.483 e. The molecule has 0 spiro atoms. The molecular formula is C19H20BrNO2. The minimum absolute atomic E-state index is 0.0159. The van der Waals surface area contributed by atoms with Crippen LogP contribution in [0.4, 0.5) is 5.69 Å². The lowest BCUT2D eigenvalue weighted by molar-refractivity contribution is -0.120. The second-order valence-corrected chi connectivity index (χ2v) is 6.59. The first kappa shape index (κ1) is 16.1. The van der Waals surface area contributed by atoms with Gasteiger partial charge in [-0.15, -0.1) is 0 Å². The largest absolute Gasteiger partial charge is 0.483 e. The van der Waals surface area contributed by atoms with Gasteiger partial charge in [0.25, 0.3) is 5.91 Å². The van der Waals surface area contributed by atoms with Gasteiger partial charge >= 0.3 is 0 Å². The molecule has 0 aliphatic carbocycles. The van der Waals surface area contributed by atoms with Crippen LogP contribution in [0.25, 0.3) is 0 Å². The van der Waals surface area contributed by atoms with E-state index in [1.165, 1.54) is 5.56 Å². The van der Waals surface area contributed by atoms with Gasteiger partial charge in [-0.25, -0.2) is 0 Å². The van der Waals surface area contributed by atoms with E-state index in [-0.39, 0.29) is 12.5 Å². The molecule has 0 fully saturated rings. The zero-order valence-electron chi connectivity index (χ0n) is 13.2. The van der Waals surface area contributed by atoms with E-state index in [4.69, 9.17) is 4.74 Å². The summed E-state index contributed by atoms with van der Waals surface area (Å²) >= 11 is 3.47. The van der Waals surface area contributed by atoms with Gasteiger partial charge < -0.3 is 9.64 Å². The monoisotopic (exact) mass is 373 g/mol. The van der Waals surface area contributed by atoms with Crippen molar-refractivity contribution in [2.75, 3.05) is 18.1 Å². The van der Waals surface area contributed by atoms with Crippen LogP contribution < -0.4 is 9.64 Å². The van der Waals surface area contributed by atoms with Crippen molar-refractivity contribution in [3.8, 4) is 5.75 Å². The number of hydrogen-bond acceptors (Lipinski definition) is 2. The fraction of sp³-hybridized carbons (Fsp3) is 0.316. The Hall–Kier alpha value is -1.81. The molecule has 0 saturated heterocycles. The van der Waals surface area contributed by atoms with Gasteiger partial charge in [0.2, 0.25) is 0 Å². The summed E-state index contributed by atoms with van der Waals surface area (Å²) in [4.78, 5) is 14.4. The van der Waals surface area contributed by atoms with Crippen LogP contribution in [0.3, 0.4) is 0 Å². The first-order valence-corrected chi connectivity index (χ1v) is 8.78. The van der Waals surface area contributed by atoms with Crippen molar-refractivity contribution in [2.45, 2.75) is 26.2 Å². The summed E-state index contributed by atoms with van der Waals surface area (Å²) in [7, 11) is 0. The summed E-state index contributed by atoms with van der Waals surface area (Å²) in [6.45, 7) is 2.92. The summed E-state index contributed by atoms with van der Waals surface area (Å²) in [5, 5.41) is 0. The van der Waals surface area contributed by atoms with E-state index in [9.17, 15) is 4.79 Å². The van der Waals surface area contributed by atoms with Crippen LogP contribution in [0, 0.1) is 0 Å². The first-order valence-electron chi connectivity index (χ1n) is 7.98. The predicted molar refractivity (Wildman–Crippen MR) is 96.1 cm³/mol. The summed E-state index contributed by atoms with van der Waals surface area (Å²) in [6.07, 6.45) is 2.91. The van der Waals surface area contributed by atoms with Crippen LogP contribution in [-0.2, 0) is 17.6 Å². The summed E-state index contributed by atoms with van der Waals surface area (Å²) in [5.41, 5.74) is 3.37. The highest BCUT2D eigenvalue weighted by molar-refractivity contribution is 9.10. The van der Waals surface area contributed by atoms with Gasteiger partial charge in [0.1, 0.15) is 5.75 Å². The van der Waals surface area contributed by atoms with Gasteiger partial charge in [-0.1, -0.05) is 41.1 Å². The molecule has 2 aromatic rings. The van der Waals surface area contributed by atoms with E-state index in [1.54, 1.807) is 0 Å². The Labute approximate surface area is 145 Å². The molecule has 2 aromatic carbocycles. The number of fused-ring (bicyclic) bond motifs is 1. The van der Waals surface area contributed by atoms with Crippen molar-refractivity contribution in [1.82, 2.24) is 0 Å². The average molecular weight is 374 g/mol. The zero-order valence-corrected chi connectivity index (χ0v) is 14.8. The third kappa shape index (κ3) is 3.58.